The number of aliphatic hydroxyl groups is 1. The van der Waals surface area contributed by atoms with Crippen molar-refractivity contribution in [3.63, 3.8) is 0 Å². The van der Waals surface area contributed by atoms with Crippen LogP contribution in [-0.2, 0) is 4.74 Å². The highest BCUT2D eigenvalue weighted by atomic mass is 16.6. The summed E-state index contributed by atoms with van der Waals surface area (Å²) in [6.07, 6.45) is 1.73. The van der Waals surface area contributed by atoms with Crippen LogP contribution in [0.5, 0.6) is 0 Å². The van der Waals surface area contributed by atoms with Crippen LogP contribution in [0.15, 0.2) is 12.2 Å². The molecule has 0 spiro atoms. The molecule has 2 heteroatoms. The summed E-state index contributed by atoms with van der Waals surface area (Å²) in [6.45, 7) is 16.2. The number of hydrogen-bond acceptors (Lipinski definition) is 2. The third kappa shape index (κ3) is 3.60. The Kier molecular flexibility index (Phi) is 6.27. The van der Waals surface area contributed by atoms with Crippen LogP contribution >= 0.6 is 0 Å². The van der Waals surface area contributed by atoms with Gasteiger partial charge >= 0.3 is 0 Å². The lowest BCUT2D eigenvalue weighted by Gasteiger charge is -2.38. The van der Waals surface area contributed by atoms with Gasteiger partial charge in [-0.15, -0.1) is 0 Å². The van der Waals surface area contributed by atoms with Crippen LogP contribution in [0, 0.1) is 11.8 Å². The van der Waals surface area contributed by atoms with Crippen LogP contribution in [0.2, 0.25) is 0 Å². The highest BCUT2D eigenvalue weighted by molar-refractivity contribution is 5.08. The molecular formula is C14H28O2. The first kappa shape index (κ1) is 15.7. The van der Waals surface area contributed by atoms with E-state index in [2.05, 4.69) is 27.4 Å². The van der Waals surface area contributed by atoms with Gasteiger partial charge in [0.1, 0.15) is 0 Å². The average molecular weight is 228 g/mol. The molecule has 2 unspecified atom stereocenters. The van der Waals surface area contributed by atoms with Crippen molar-refractivity contribution in [3.8, 4) is 0 Å². The van der Waals surface area contributed by atoms with E-state index in [0.29, 0.717) is 5.92 Å². The SMILES string of the molecule is C=C(CC)C(O)(OC(CC)C(C)C)C(C)C. The Morgan fingerprint density at radius 3 is 2.00 bits per heavy atom. The van der Waals surface area contributed by atoms with Crippen molar-refractivity contribution in [1.29, 1.82) is 0 Å². The van der Waals surface area contributed by atoms with Crippen molar-refractivity contribution in [2.75, 3.05) is 0 Å². The molecule has 2 nitrogen and oxygen atoms in total. The van der Waals surface area contributed by atoms with Crippen LogP contribution in [0.1, 0.15) is 54.4 Å². The van der Waals surface area contributed by atoms with Crippen molar-refractivity contribution in [2.45, 2.75) is 66.3 Å². The molecule has 0 aliphatic heterocycles. The summed E-state index contributed by atoms with van der Waals surface area (Å²) < 4.78 is 5.92. The fourth-order valence-corrected chi connectivity index (χ4v) is 1.80. The molecule has 0 radical (unpaired) electrons. The molecule has 0 aromatic carbocycles. The Balaban J connectivity index is 4.86. The Labute approximate surface area is 101 Å². The molecule has 0 aromatic rings. The van der Waals surface area contributed by atoms with Gasteiger partial charge in [0.05, 0.1) is 6.10 Å². The highest BCUT2D eigenvalue weighted by Crippen LogP contribution is 2.31. The zero-order valence-electron chi connectivity index (χ0n) is 11.7. The monoisotopic (exact) mass is 228 g/mol. The first-order valence-corrected chi connectivity index (χ1v) is 6.37. The molecule has 96 valence electrons. The lowest BCUT2D eigenvalue weighted by atomic mass is 9.92. The van der Waals surface area contributed by atoms with Crippen LogP contribution in [0.4, 0.5) is 0 Å². The van der Waals surface area contributed by atoms with Crippen LogP contribution < -0.4 is 0 Å². The molecular weight excluding hydrogens is 200 g/mol. The molecule has 0 rings (SSSR count). The molecule has 0 amide bonds. The number of ether oxygens (including phenoxy) is 1. The molecule has 2 atom stereocenters. The van der Waals surface area contributed by atoms with Gasteiger partial charge in [0.25, 0.3) is 0 Å². The first-order valence-electron chi connectivity index (χ1n) is 6.37. The third-order valence-corrected chi connectivity index (χ3v) is 3.19. The van der Waals surface area contributed by atoms with Crippen LogP contribution in [0.3, 0.4) is 0 Å². The van der Waals surface area contributed by atoms with Crippen molar-refractivity contribution >= 4 is 0 Å². The second-order valence-electron chi connectivity index (χ2n) is 5.12. The van der Waals surface area contributed by atoms with E-state index in [1.54, 1.807) is 0 Å². The van der Waals surface area contributed by atoms with Gasteiger partial charge in [-0.25, -0.2) is 0 Å². The molecule has 0 bridgehead atoms. The van der Waals surface area contributed by atoms with E-state index in [4.69, 9.17) is 4.74 Å². The van der Waals surface area contributed by atoms with Gasteiger partial charge < -0.3 is 9.84 Å². The van der Waals surface area contributed by atoms with E-state index in [9.17, 15) is 5.11 Å². The first-order chi connectivity index (χ1) is 7.29. The lowest BCUT2D eigenvalue weighted by molar-refractivity contribution is -0.238. The van der Waals surface area contributed by atoms with Gasteiger partial charge in [-0.2, -0.15) is 0 Å². The molecule has 0 heterocycles. The molecule has 0 aliphatic carbocycles. The molecule has 0 aliphatic rings. The minimum absolute atomic E-state index is 0.0211. The topological polar surface area (TPSA) is 29.5 Å². The summed E-state index contributed by atoms with van der Waals surface area (Å²) in [6, 6.07) is 0. The number of rotatable bonds is 7. The van der Waals surface area contributed by atoms with E-state index in [1.807, 2.05) is 20.8 Å². The van der Waals surface area contributed by atoms with Crippen molar-refractivity contribution < 1.29 is 9.84 Å². The van der Waals surface area contributed by atoms with Gasteiger partial charge in [-0.1, -0.05) is 48.1 Å². The summed E-state index contributed by atoms with van der Waals surface area (Å²) in [4.78, 5) is 0. The average Bonchev–Trinajstić information content (AvgIpc) is 2.23. The Bertz CT molecular complexity index is 221. The Hall–Kier alpha value is -0.340. The maximum absolute atomic E-state index is 10.6. The largest absolute Gasteiger partial charge is 0.362 e. The molecule has 0 saturated carbocycles. The van der Waals surface area contributed by atoms with Gasteiger partial charge in [-0.05, 0) is 24.3 Å². The summed E-state index contributed by atoms with van der Waals surface area (Å²) in [5.74, 6) is -0.757. The zero-order valence-corrected chi connectivity index (χ0v) is 11.7. The summed E-state index contributed by atoms with van der Waals surface area (Å²) in [5.41, 5.74) is 0.765. The smallest absolute Gasteiger partial charge is 0.190 e. The normalized spacial score (nSPS) is 17.6. The summed E-state index contributed by atoms with van der Waals surface area (Å²) in [7, 11) is 0. The second kappa shape index (κ2) is 6.41. The predicted molar refractivity (Wildman–Crippen MR) is 69.2 cm³/mol. The van der Waals surface area contributed by atoms with E-state index in [1.165, 1.54) is 0 Å². The fourth-order valence-electron chi connectivity index (χ4n) is 1.80. The van der Waals surface area contributed by atoms with Gasteiger partial charge in [-0.3, -0.25) is 0 Å². The van der Waals surface area contributed by atoms with Crippen LogP contribution in [-0.4, -0.2) is 17.0 Å². The zero-order chi connectivity index (χ0) is 12.9. The Morgan fingerprint density at radius 2 is 1.75 bits per heavy atom. The van der Waals surface area contributed by atoms with Crippen LogP contribution in [0.25, 0.3) is 0 Å². The highest BCUT2D eigenvalue weighted by Gasteiger charge is 2.37. The molecule has 16 heavy (non-hydrogen) atoms. The minimum atomic E-state index is -1.18. The van der Waals surface area contributed by atoms with E-state index in [0.717, 1.165) is 18.4 Å². The van der Waals surface area contributed by atoms with Crippen molar-refractivity contribution in [3.05, 3.63) is 12.2 Å². The Morgan fingerprint density at radius 1 is 1.25 bits per heavy atom. The molecule has 0 fully saturated rings. The molecule has 0 aromatic heterocycles. The molecule has 1 N–H and O–H groups in total. The number of hydrogen-bond donors (Lipinski definition) is 1. The predicted octanol–water partition coefficient (Wildman–Crippen LogP) is 3.75. The maximum atomic E-state index is 10.6. The van der Waals surface area contributed by atoms with Crippen molar-refractivity contribution in [2.24, 2.45) is 11.8 Å². The van der Waals surface area contributed by atoms with E-state index in [-0.39, 0.29) is 12.0 Å². The summed E-state index contributed by atoms with van der Waals surface area (Å²) >= 11 is 0. The standard InChI is InChI=1S/C14H28O2/c1-8-12(7)14(15,11(5)6)16-13(9-2)10(3)4/h10-11,13,15H,7-9H2,1-6H3. The fraction of sp³-hybridized carbons (Fsp3) is 0.857. The van der Waals surface area contributed by atoms with E-state index >= 15 is 0 Å². The lowest BCUT2D eigenvalue weighted by Crippen LogP contribution is -2.44. The van der Waals surface area contributed by atoms with Crippen molar-refractivity contribution in [1.82, 2.24) is 0 Å². The van der Waals surface area contributed by atoms with Gasteiger partial charge in [0.15, 0.2) is 5.79 Å². The molecule has 0 saturated heterocycles. The van der Waals surface area contributed by atoms with E-state index < -0.39 is 5.79 Å². The quantitative estimate of drug-likeness (QED) is 0.531. The van der Waals surface area contributed by atoms with Gasteiger partial charge in [0, 0.05) is 5.92 Å². The minimum Gasteiger partial charge on any atom is -0.362 e. The third-order valence-electron chi connectivity index (χ3n) is 3.19. The second-order valence-corrected chi connectivity index (χ2v) is 5.12. The van der Waals surface area contributed by atoms with Gasteiger partial charge in [0.2, 0.25) is 0 Å². The summed E-state index contributed by atoms with van der Waals surface area (Å²) in [5, 5.41) is 10.6. The maximum Gasteiger partial charge on any atom is 0.190 e.